The molecule has 14 heavy (non-hydrogen) atoms. The number of carbonyl (C=O) groups excluding carboxylic acids is 2. The molecule has 0 aromatic rings. The number of carbonyl (C=O) groups is 2. The van der Waals surface area contributed by atoms with Gasteiger partial charge in [0, 0.05) is 0 Å². The smallest absolute Gasteiger partial charge is 0.345 e. The highest BCUT2D eigenvalue weighted by molar-refractivity contribution is 7.82. The van der Waals surface area contributed by atoms with Crippen LogP contribution in [-0.2, 0) is 19.1 Å². The molecule has 0 aliphatic rings. The standard InChI is InChI=1S/C9H14O4S/c1-4-12-8(10)6(3)7(14)9(11)13-5-2/h6H,4-5H2,1-3H3. The van der Waals surface area contributed by atoms with E-state index >= 15 is 0 Å². The summed E-state index contributed by atoms with van der Waals surface area (Å²) in [5.41, 5.74) is 0. The van der Waals surface area contributed by atoms with Gasteiger partial charge in [-0.2, -0.15) is 0 Å². The van der Waals surface area contributed by atoms with Gasteiger partial charge in [0.15, 0.2) is 0 Å². The first-order valence-corrected chi connectivity index (χ1v) is 4.83. The second-order valence-corrected chi connectivity index (χ2v) is 3.00. The van der Waals surface area contributed by atoms with E-state index in [0.717, 1.165) is 0 Å². The van der Waals surface area contributed by atoms with Gasteiger partial charge in [0.2, 0.25) is 0 Å². The molecular weight excluding hydrogens is 204 g/mol. The summed E-state index contributed by atoms with van der Waals surface area (Å²) < 4.78 is 9.38. The van der Waals surface area contributed by atoms with Crippen LogP contribution in [0.15, 0.2) is 0 Å². The Morgan fingerprint density at radius 3 is 2.14 bits per heavy atom. The highest BCUT2D eigenvalue weighted by Crippen LogP contribution is 2.04. The van der Waals surface area contributed by atoms with Crippen LogP contribution in [0.25, 0.3) is 0 Å². The van der Waals surface area contributed by atoms with Crippen molar-refractivity contribution >= 4 is 29.0 Å². The van der Waals surface area contributed by atoms with Crippen molar-refractivity contribution < 1.29 is 19.1 Å². The fourth-order valence-corrected chi connectivity index (χ4v) is 0.908. The van der Waals surface area contributed by atoms with Crippen LogP contribution in [-0.4, -0.2) is 30.0 Å². The number of ether oxygens (including phenoxy) is 2. The zero-order valence-electron chi connectivity index (χ0n) is 8.53. The van der Waals surface area contributed by atoms with Gasteiger partial charge in [0.05, 0.1) is 19.1 Å². The lowest BCUT2D eigenvalue weighted by Crippen LogP contribution is -2.29. The third kappa shape index (κ3) is 3.83. The third-order valence-electron chi connectivity index (χ3n) is 1.51. The van der Waals surface area contributed by atoms with Crippen molar-refractivity contribution in [3.05, 3.63) is 0 Å². The summed E-state index contributed by atoms with van der Waals surface area (Å²) in [6.07, 6.45) is 0. The van der Waals surface area contributed by atoms with E-state index in [-0.39, 0.29) is 18.1 Å². The number of hydrogen-bond donors (Lipinski definition) is 0. The molecule has 4 nitrogen and oxygen atoms in total. The maximum atomic E-state index is 11.2. The fraction of sp³-hybridized carbons (Fsp3) is 0.667. The second-order valence-electron chi connectivity index (χ2n) is 2.56. The van der Waals surface area contributed by atoms with Crippen LogP contribution in [0.4, 0.5) is 0 Å². The molecule has 0 spiro atoms. The van der Waals surface area contributed by atoms with Gasteiger partial charge in [-0.3, -0.25) is 4.79 Å². The minimum atomic E-state index is -0.719. The highest BCUT2D eigenvalue weighted by Gasteiger charge is 2.25. The topological polar surface area (TPSA) is 52.6 Å². The van der Waals surface area contributed by atoms with Crippen LogP contribution < -0.4 is 0 Å². The van der Waals surface area contributed by atoms with Crippen LogP contribution in [0.5, 0.6) is 0 Å². The van der Waals surface area contributed by atoms with Gasteiger partial charge in [-0.15, -0.1) is 0 Å². The fourth-order valence-electron chi connectivity index (χ4n) is 0.753. The summed E-state index contributed by atoms with van der Waals surface area (Å²) in [4.78, 5) is 22.3. The van der Waals surface area contributed by atoms with Crippen molar-refractivity contribution in [2.24, 2.45) is 5.92 Å². The molecule has 0 saturated heterocycles. The monoisotopic (exact) mass is 218 g/mol. The first kappa shape index (κ1) is 13.0. The molecule has 0 radical (unpaired) electrons. The second kappa shape index (κ2) is 6.48. The van der Waals surface area contributed by atoms with E-state index in [0.29, 0.717) is 0 Å². The normalized spacial score (nSPS) is 11.6. The van der Waals surface area contributed by atoms with Crippen LogP contribution in [0.3, 0.4) is 0 Å². The Labute approximate surface area is 88.6 Å². The predicted molar refractivity (Wildman–Crippen MR) is 55.0 cm³/mol. The average molecular weight is 218 g/mol. The molecule has 1 atom stereocenters. The summed E-state index contributed by atoms with van der Waals surface area (Å²) in [5.74, 6) is -1.84. The molecule has 0 aliphatic carbocycles. The van der Waals surface area contributed by atoms with E-state index in [2.05, 4.69) is 4.74 Å². The molecule has 0 bridgehead atoms. The van der Waals surface area contributed by atoms with Gasteiger partial charge in [-0.25, -0.2) is 4.79 Å². The predicted octanol–water partition coefficient (Wildman–Crippen LogP) is 1.12. The molecule has 0 aromatic carbocycles. The highest BCUT2D eigenvalue weighted by atomic mass is 32.1. The van der Waals surface area contributed by atoms with Gasteiger partial charge in [-0.05, 0) is 20.8 Å². The largest absolute Gasteiger partial charge is 0.466 e. The minimum absolute atomic E-state index is 0.0368. The Bertz CT molecular complexity index is 237. The van der Waals surface area contributed by atoms with E-state index < -0.39 is 17.9 Å². The lowest BCUT2D eigenvalue weighted by molar-refractivity contribution is -0.146. The molecule has 0 aliphatic heterocycles. The number of rotatable bonds is 5. The van der Waals surface area contributed by atoms with Gasteiger partial charge in [0.1, 0.15) is 4.86 Å². The van der Waals surface area contributed by atoms with Crippen molar-refractivity contribution in [2.75, 3.05) is 13.2 Å². The van der Waals surface area contributed by atoms with Crippen molar-refractivity contribution in [1.82, 2.24) is 0 Å². The summed E-state index contributed by atoms with van der Waals surface area (Å²) >= 11 is 4.78. The van der Waals surface area contributed by atoms with Gasteiger partial charge in [0.25, 0.3) is 0 Å². The molecule has 0 aromatic heterocycles. The summed E-state index contributed by atoms with van der Waals surface area (Å²) in [5, 5.41) is 0. The lowest BCUT2D eigenvalue weighted by atomic mass is 10.1. The van der Waals surface area contributed by atoms with E-state index in [9.17, 15) is 9.59 Å². The molecule has 80 valence electrons. The van der Waals surface area contributed by atoms with Crippen LogP contribution in [0, 0.1) is 5.92 Å². The molecule has 1 unspecified atom stereocenters. The van der Waals surface area contributed by atoms with Crippen molar-refractivity contribution in [1.29, 1.82) is 0 Å². The molecule has 0 fully saturated rings. The molecule has 0 saturated carbocycles. The lowest BCUT2D eigenvalue weighted by Gasteiger charge is -2.10. The van der Waals surface area contributed by atoms with Crippen LogP contribution >= 0.6 is 12.2 Å². The molecular formula is C9H14O4S. The van der Waals surface area contributed by atoms with E-state index in [4.69, 9.17) is 17.0 Å². The zero-order chi connectivity index (χ0) is 11.1. The maximum absolute atomic E-state index is 11.2. The molecule has 0 heterocycles. The average Bonchev–Trinajstić information content (AvgIpc) is 2.16. The maximum Gasteiger partial charge on any atom is 0.345 e. The van der Waals surface area contributed by atoms with Crippen LogP contribution in [0.1, 0.15) is 20.8 Å². The van der Waals surface area contributed by atoms with Gasteiger partial charge in [-0.1, -0.05) is 12.2 Å². The van der Waals surface area contributed by atoms with E-state index in [1.54, 1.807) is 13.8 Å². The minimum Gasteiger partial charge on any atom is -0.466 e. The van der Waals surface area contributed by atoms with E-state index in [1.807, 2.05) is 0 Å². The number of esters is 2. The van der Waals surface area contributed by atoms with E-state index in [1.165, 1.54) is 6.92 Å². The van der Waals surface area contributed by atoms with Crippen LogP contribution in [0.2, 0.25) is 0 Å². The first-order valence-electron chi connectivity index (χ1n) is 4.42. The Kier molecular flexibility index (Phi) is 6.03. The van der Waals surface area contributed by atoms with Gasteiger partial charge < -0.3 is 9.47 Å². The Balaban J connectivity index is 4.24. The molecule has 5 heteroatoms. The molecule has 0 N–H and O–H groups in total. The third-order valence-corrected chi connectivity index (χ3v) is 2.03. The summed E-state index contributed by atoms with van der Waals surface area (Å²) in [6.45, 7) is 5.41. The number of thiocarbonyl (C=S) groups is 1. The Morgan fingerprint density at radius 2 is 1.71 bits per heavy atom. The number of hydrogen-bond acceptors (Lipinski definition) is 5. The molecule has 0 amide bonds. The summed E-state index contributed by atoms with van der Waals surface area (Å²) in [6, 6.07) is 0. The van der Waals surface area contributed by atoms with Gasteiger partial charge >= 0.3 is 11.9 Å². The Hall–Kier alpha value is -0.970. The zero-order valence-corrected chi connectivity index (χ0v) is 9.35. The summed E-state index contributed by atoms with van der Waals surface area (Å²) in [7, 11) is 0. The SMILES string of the molecule is CCOC(=O)C(=S)C(C)C(=O)OCC. The Morgan fingerprint density at radius 1 is 1.21 bits per heavy atom. The molecule has 0 rings (SSSR count). The quantitative estimate of drug-likeness (QED) is 0.511. The first-order chi connectivity index (χ1) is 6.54. The van der Waals surface area contributed by atoms with Crippen molar-refractivity contribution in [3.63, 3.8) is 0 Å². The van der Waals surface area contributed by atoms with Crippen molar-refractivity contribution in [3.8, 4) is 0 Å². The van der Waals surface area contributed by atoms with Crippen molar-refractivity contribution in [2.45, 2.75) is 20.8 Å².